The van der Waals surface area contributed by atoms with Crippen LogP contribution in [0.4, 0.5) is 0 Å². The number of hydrogen-bond donors (Lipinski definition) is 0. The molecule has 6 heteroatoms. The maximum absolute atomic E-state index is 12.7. The Morgan fingerprint density at radius 3 is 2.22 bits per heavy atom. The third-order valence-corrected chi connectivity index (χ3v) is 5.27. The lowest BCUT2D eigenvalue weighted by Gasteiger charge is -2.22. The van der Waals surface area contributed by atoms with Crippen LogP contribution in [0.3, 0.4) is 0 Å². The number of halogens is 1. The molecule has 0 N–H and O–H groups in total. The van der Waals surface area contributed by atoms with Crippen molar-refractivity contribution in [1.29, 1.82) is 0 Å². The fourth-order valence-corrected chi connectivity index (χ4v) is 3.44. The van der Waals surface area contributed by atoms with E-state index in [4.69, 9.17) is 4.74 Å². The summed E-state index contributed by atoms with van der Waals surface area (Å²) in [4.78, 5) is 29.0. The maximum atomic E-state index is 12.7. The van der Waals surface area contributed by atoms with Gasteiger partial charge in [-0.3, -0.25) is 9.59 Å². The van der Waals surface area contributed by atoms with Gasteiger partial charge in [0.05, 0.1) is 13.5 Å². The van der Waals surface area contributed by atoms with Gasteiger partial charge in [-0.05, 0) is 48.4 Å². The Morgan fingerprint density at radius 2 is 1.56 bits per heavy atom. The van der Waals surface area contributed by atoms with Gasteiger partial charge in [-0.15, -0.1) is 0 Å². The van der Waals surface area contributed by atoms with Crippen molar-refractivity contribution >= 4 is 27.7 Å². The highest BCUT2D eigenvalue weighted by Gasteiger charge is 2.22. The van der Waals surface area contributed by atoms with Gasteiger partial charge in [0.25, 0.3) is 5.91 Å². The lowest BCUT2D eigenvalue weighted by atomic mass is 10.1. The largest absolute Gasteiger partial charge is 0.497 e. The van der Waals surface area contributed by atoms with Crippen LogP contribution in [0.15, 0.2) is 53.0 Å². The van der Waals surface area contributed by atoms with Crippen molar-refractivity contribution in [3.63, 3.8) is 0 Å². The zero-order valence-electron chi connectivity index (χ0n) is 15.4. The fourth-order valence-electron chi connectivity index (χ4n) is 3.17. The molecule has 0 unspecified atom stereocenters. The molecule has 2 aromatic carbocycles. The van der Waals surface area contributed by atoms with E-state index in [1.165, 1.54) is 0 Å². The van der Waals surface area contributed by atoms with Crippen molar-refractivity contribution in [2.75, 3.05) is 33.3 Å². The van der Waals surface area contributed by atoms with E-state index in [-0.39, 0.29) is 11.8 Å². The average Bonchev–Trinajstić information content (AvgIpc) is 2.95. The number of benzene rings is 2. The van der Waals surface area contributed by atoms with Gasteiger partial charge in [0, 0.05) is 36.2 Å². The summed E-state index contributed by atoms with van der Waals surface area (Å²) in [5.74, 6) is 0.896. The number of ether oxygens (including phenoxy) is 1. The number of nitrogens with zero attached hydrogens (tertiary/aromatic N) is 2. The first kappa shape index (κ1) is 19.4. The van der Waals surface area contributed by atoms with Crippen molar-refractivity contribution in [3.05, 3.63) is 64.1 Å². The van der Waals surface area contributed by atoms with Gasteiger partial charge in [0.2, 0.25) is 5.91 Å². The number of methoxy groups -OCH3 is 1. The summed E-state index contributed by atoms with van der Waals surface area (Å²) in [7, 11) is 1.62. The van der Waals surface area contributed by atoms with Crippen LogP contribution in [0.25, 0.3) is 0 Å². The third kappa shape index (κ3) is 5.10. The predicted molar refractivity (Wildman–Crippen MR) is 108 cm³/mol. The van der Waals surface area contributed by atoms with Crippen LogP contribution in [0.2, 0.25) is 0 Å². The van der Waals surface area contributed by atoms with E-state index in [0.29, 0.717) is 38.2 Å². The molecule has 2 amide bonds. The fraction of sp³-hybridized carbons (Fsp3) is 0.333. The van der Waals surface area contributed by atoms with Crippen molar-refractivity contribution < 1.29 is 14.3 Å². The van der Waals surface area contributed by atoms with Crippen LogP contribution in [0.5, 0.6) is 5.75 Å². The van der Waals surface area contributed by atoms with E-state index in [1.54, 1.807) is 7.11 Å². The van der Waals surface area contributed by atoms with E-state index in [9.17, 15) is 9.59 Å². The number of carbonyl (C=O) groups excluding carboxylic acids is 2. The van der Waals surface area contributed by atoms with Gasteiger partial charge in [-0.2, -0.15) is 0 Å². The van der Waals surface area contributed by atoms with Crippen LogP contribution in [-0.4, -0.2) is 54.9 Å². The van der Waals surface area contributed by atoms with E-state index in [2.05, 4.69) is 15.9 Å². The smallest absolute Gasteiger partial charge is 0.253 e. The lowest BCUT2D eigenvalue weighted by molar-refractivity contribution is -0.130. The number of rotatable bonds is 4. The van der Waals surface area contributed by atoms with Gasteiger partial charge < -0.3 is 14.5 Å². The molecule has 142 valence electrons. The summed E-state index contributed by atoms with van der Waals surface area (Å²) in [5, 5.41) is 0. The van der Waals surface area contributed by atoms with Crippen molar-refractivity contribution in [1.82, 2.24) is 9.80 Å². The lowest BCUT2D eigenvalue weighted by Crippen LogP contribution is -2.38. The van der Waals surface area contributed by atoms with Gasteiger partial charge >= 0.3 is 0 Å². The van der Waals surface area contributed by atoms with Crippen LogP contribution in [0, 0.1) is 0 Å². The normalized spacial score (nSPS) is 14.6. The second-order valence-corrected chi connectivity index (χ2v) is 7.47. The minimum absolute atomic E-state index is 0.0203. The minimum atomic E-state index is 0.0203. The van der Waals surface area contributed by atoms with Crippen LogP contribution in [0.1, 0.15) is 22.3 Å². The maximum Gasteiger partial charge on any atom is 0.253 e. The van der Waals surface area contributed by atoms with Crippen LogP contribution < -0.4 is 4.74 Å². The zero-order valence-corrected chi connectivity index (χ0v) is 16.9. The van der Waals surface area contributed by atoms with E-state index >= 15 is 0 Å². The molecule has 1 heterocycles. The minimum Gasteiger partial charge on any atom is -0.497 e. The Hall–Kier alpha value is -2.34. The molecular formula is C21H23BrN2O3. The highest BCUT2D eigenvalue weighted by Crippen LogP contribution is 2.15. The summed E-state index contributed by atoms with van der Waals surface area (Å²) < 4.78 is 6.10. The monoisotopic (exact) mass is 430 g/mol. The molecule has 0 spiro atoms. The molecule has 0 bridgehead atoms. The summed E-state index contributed by atoms with van der Waals surface area (Å²) in [6.45, 7) is 2.47. The van der Waals surface area contributed by atoms with E-state index in [0.717, 1.165) is 22.2 Å². The van der Waals surface area contributed by atoms with Crippen molar-refractivity contribution in [2.45, 2.75) is 12.8 Å². The molecule has 1 saturated heterocycles. The Labute approximate surface area is 168 Å². The third-order valence-electron chi connectivity index (χ3n) is 4.74. The Bertz CT molecular complexity index is 790. The molecule has 1 aliphatic rings. The molecule has 1 fully saturated rings. The predicted octanol–water partition coefficient (Wildman–Crippen LogP) is 3.37. The number of hydrogen-bond acceptors (Lipinski definition) is 3. The molecule has 1 aliphatic heterocycles. The van der Waals surface area contributed by atoms with Crippen molar-refractivity contribution in [2.24, 2.45) is 0 Å². The Balaban J connectivity index is 1.57. The molecule has 0 aliphatic carbocycles. The molecular weight excluding hydrogens is 408 g/mol. The molecule has 0 radical (unpaired) electrons. The first-order valence-corrected chi connectivity index (χ1v) is 9.81. The molecule has 3 rings (SSSR count). The number of amides is 2. The number of carbonyl (C=O) groups is 2. The Morgan fingerprint density at radius 1 is 0.926 bits per heavy atom. The van der Waals surface area contributed by atoms with Crippen LogP contribution in [-0.2, 0) is 11.2 Å². The topological polar surface area (TPSA) is 49.9 Å². The molecule has 5 nitrogen and oxygen atoms in total. The summed E-state index contributed by atoms with van der Waals surface area (Å²) in [6, 6.07) is 14.9. The van der Waals surface area contributed by atoms with Gasteiger partial charge in [-0.1, -0.05) is 28.1 Å². The van der Waals surface area contributed by atoms with Gasteiger partial charge in [-0.25, -0.2) is 0 Å². The zero-order chi connectivity index (χ0) is 19.2. The molecule has 0 saturated carbocycles. The molecule has 0 aromatic heterocycles. The van der Waals surface area contributed by atoms with Gasteiger partial charge in [0.1, 0.15) is 5.75 Å². The first-order chi connectivity index (χ1) is 13.1. The summed E-state index contributed by atoms with van der Waals surface area (Å²) in [5.41, 5.74) is 1.64. The molecule has 0 atom stereocenters. The Kier molecular flexibility index (Phi) is 6.50. The summed E-state index contributed by atoms with van der Waals surface area (Å²) >= 11 is 3.39. The standard InChI is InChI=1S/C21H23BrN2O3/c1-27-19-9-3-16(4-10-19)15-20(25)23-11-2-12-24(14-13-23)21(26)17-5-7-18(22)8-6-17/h3-10H,2,11-15H2,1H3. The first-order valence-electron chi connectivity index (χ1n) is 9.02. The van der Waals surface area contributed by atoms with Crippen LogP contribution >= 0.6 is 15.9 Å². The second kappa shape index (κ2) is 9.04. The molecule has 27 heavy (non-hydrogen) atoms. The molecule has 2 aromatic rings. The second-order valence-electron chi connectivity index (χ2n) is 6.56. The van der Waals surface area contributed by atoms with E-state index in [1.807, 2.05) is 58.3 Å². The van der Waals surface area contributed by atoms with Gasteiger partial charge in [0.15, 0.2) is 0 Å². The SMILES string of the molecule is COc1ccc(CC(=O)N2CCCN(C(=O)c3ccc(Br)cc3)CC2)cc1. The quantitative estimate of drug-likeness (QED) is 0.746. The van der Waals surface area contributed by atoms with Crippen molar-refractivity contribution in [3.8, 4) is 5.75 Å². The highest BCUT2D eigenvalue weighted by atomic mass is 79.9. The summed E-state index contributed by atoms with van der Waals surface area (Å²) in [6.07, 6.45) is 1.15. The average molecular weight is 431 g/mol. The van der Waals surface area contributed by atoms with E-state index < -0.39 is 0 Å². The highest BCUT2D eigenvalue weighted by molar-refractivity contribution is 9.10.